The molecule has 0 spiro atoms. The summed E-state index contributed by atoms with van der Waals surface area (Å²) >= 11 is 0. The molecule has 0 aliphatic carbocycles. The third kappa shape index (κ3) is 4.01. The molecule has 1 heterocycles. The zero-order valence-corrected chi connectivity index (χ0v) is 15.1. The van der Waals surface area contributed by atoms with Crippen LogP contribution in [0, 0.1) is 17.0 Å². The summed E-state index contributed by atoms with van der Waals surface area (Å²) in [6.45, 7) is 3.39. The quantitative estimate of drug-likeness (QED) is 0.293. The fraction of sp³-hybridized carbons (Fsp3) is 0.111. The highest BCUT2D eigenvalue weighted by Crippen LogP contribution is 2.15. The number of para-hydroxylation sites is 1. The third-order valence-electron chi connectivity index (χ3n) is 3.87. The normalized spacial score (nSPS) is 12.1. The van der Waals surface area contributed by atoms with Crippen molar-refractivity contribution in [3.8, 4) is 5.69 Å². The minimum Gasteiger partial charge on any atom is -0.410 e. The van der Waals surface area contributed by atoms with Crippen LogP contribution in [0.25, 0.3) is 5.69 Å². The first-order chi connectivity index (χ1) is 13.5. The molecule has 0 amide bonds. The van der Waals surface area contributed by atoms with Crippen LogP contribution in [-0.4, -0.2) is 36.5 Å². The van der Waals surface area contributed by atoms with E-state index >= 15 is 0 Å². The van der Waals surface area contributed by atoms with E-state index in [0.717, 1.165) is 5.69 Å². The van der Waals surface area contributed by atoms with Crippen molar-refractivity contribution in [3.05, 3.63) is 76.1 Å². The number of non-ortho nitro benzene ring substituents is 1. The van der Waals surface area contributed by atoms with Gasteiger partial charge in [-0.25, -0.2) is 0 Å². The summed E-state index contributed by atoms with van der Waals surface area (Å²) in [4.78, 5) is 11.6. The van der Waals surface area contributed by atoms with Gasteiger partial charge < -0.3 is 5.21 Å². The lowest BCUT2D eigenvalue weighted by Crippen LogP contribution is -2.16. The Morgan fingerprint density at radius 3 is 2.43 bits per heavy atom. The average molecular weight is 379 g/mol. The first-order valence-corrected chi connectivity index (χ1v) is 8.26. The first kappa shape index (κ1) is 18.7. The largest absolute Gasteiger partial charge is 0.410 e. The number of aryl methyl sites for hydroxylation is 1. The predicted octanol–water partition coefficient (Wildman–Crippen LogP) is 3.15. The van der Waals surface area contributed by atoms with E-state index in [0.29, 0.717) is 22.8 Å². The van der Waals surface area contributed by atoms with Gasteiger partial charge >= 0.3 is 0 Å². The Balaban J connectivity index is 1.86. The Kier molecular flexibility index (Phi) is 5.40. The maximum absolute atomic E-state index is 10.8. The SMILES string of the molecule is CC(=N\Nc1ccccc1)/C(=N/O)c1nn(-c2ccc([N+](=O)[O-])cc2)nc1C. The molecule has 2 N–H and O–H groups in total. The van der Waals surface area contributed by atoms with Gasteiger partial charge in [0, 0.05) is 12.1 Å². The number of nitro groups is 1. The van der Waals surface area contributed by atoms with E-state index in [1.807, 2.05) is 30.3 Å². The highest BCUT2D eigenvalue weighted by Gasteiger charge is 2.18. The van der Waals surface area contributed by atoms with Crippen molar-refractivity contribution in [2.24, 2.45) is 10.3 Å². The maximum Gasteiger partial charge on any atom is 0.269 e. The van der Waals surface area contributed by atoms with E-state index in [1.165, 1.54) is 29.1 Å². The molecule has 0 aliphatic rings. The van der Waals surface area contributed by atoms with Crippen molar-refractivity contribution in [1.82, 2.24) is 15.0 Å². The molecular weight excluding hydrogens is 362 g/mol. The van der Waals surface area contributed by atoms with E-state index in [4.69, 9.17) is 0 Å². The molecule has 142 valence electrons. The number of nitro benzene ring substituents is 1. The molecule has 0 atom stereocenters. The minimum atomic E-state index is -0.479. The van der Waals surface area contributed by atoms with Crippen LogP contribution >= 0.6 is 0 Å². The molecule has 10 heteroatoms. The number of hydrogen-bond acceptors (Lipinski definition) is 8. The highest BCUT2D eigenvalue weighted by atomic mass is 16.6. The van der Waals surface area contributed by atoms with Crippen LogP contribution in [0.1, 0.15) is 18.3 Å². The van der Waals surface area contributed by atoms with Crippen molar-refractivity contribution in [2.75, 3.05) is 5.43 Å². The lowest BCUT2D eigenvalue weighted by Gasteiger charge is -2.04. The van der Waals surface area contributed by atoms with Gasteiger partial charge in [0.25, 0.3) is 5.69 Å². The number of hydrogen-bond donors (Lipinski definition) is 2. The number of oxime groups is 1. The van der Waals surface area contributed by atoms with Crippen LogP contribution in [-0.2, 0) is 0 Å². The van der Waals surface area contributed by atoms with Gasteiger partial charge in [-0.2, -0.15) is 15.0 Å². The maximum atomic E-state index is 10.8. The number of hydrazone groups is 1. The van der Waals surface area contributed by atoms with Gasteiger partial charge in [-0.15, -0.1) is 5.10 Å². The zero-order chi connectivity index (χ0) is 20.1. The number of nitrogens with zero attached hydrogens (tertiary/aromatic N) is 6. The van der Waals surface area contributed by atoms with Crippen molar-refractivity contribution in [2.45, 2.75) is 13.8 Å². The zero-order valence-electron chi connectivity index (χ0n) is 15.1. The van der Waals surface area contributed by atoms with Crippen molar-refractivity contribution in [3.63, 3.8) is 0 Å². The molecule has 28 heavy (non-hydrogen) atoms. The molecule has 1 aromatic heterocycles. The Labute approximate surface area is 160 Å². The molecule has 0 aliphatic heterocycles. The topological polar surface area (TPSA) is 131 Å². The fourth-order valence-electron chi connectivity index (χ4n) is 2.43. The Hall–Kier alpha value is -4.08. The van der Waals surface area contributed by atoms with Crippen LogP contribution in [0.2, 0.25) is 0 Å². The second-order valence-electron chi connectivity index (χ2n) is 5.82. The van der Waals surface area contributed by atoms with Gasteiger partial charge in [0.15, 0.2) is 5.71 Å². The molecule has 0 saturated carbocycles. The summed E-state index contributed by atoms with van der Waals surface area (Å²) in [6.07, 6.45) is 0. The predicted molar refractivity (Wildman–Crippen MR) is 104 cm³/mol. The molecule has 0 radical (unpaired) electrons. The minimum absolute atomic E-state index is 0.0274. The lowest BCUT2D eigenvalue weighted by molar-refractivity contribution is -0.384. The number of benzene rings is 2. The lowest BCUT2D eigenvalue weighted by atomic mass is 10.1. The smallest absolute Gasteiger partial charge is 0.269 e. The number of rotatable bonds is 6. The number of aromatic nitrogens is 3. The molecular formula is C18H17N7O3. The van der Waals surface area contributed by atoms with Crippen LogP contribution in [0.15, 0.2) is 64.9 Å². The van der Waals surface area contributed by atoms with Gasteiger partial charge in [-0.05, 0) is 38.1 Å². The Morgan fingerprint density at radius 1 is 1.14 bits per heavy atom. The average Bonchev–Trinajstić information content (AvgIpc) is 3.09. The van der Waals surface area contributed by atoms with Crippen LogP contribution in [0.4, 0.5) is 11.4 Å². The summed E-state index contributed by atoms with van der Waals surface area (Å²) in [6, 6.07) is 15.1. The van der Waals surface area contributed by atoms with E-state index < -0.39 is 4.92 Å². The van der Waals surface area contributed by atoms with Gasteiger partial charge in [-0.1, -0.05) is 23.4 Å². The summed E-state index contributed by atoms with van der Waals surface area (Å²) in [7, 11) is 0. The van der Waals surface area contributed by atoms with Gasteiger partial charge in [0.2, 0.25) is 0 Å². The summed E-state index contributed by atoms with van der Waals surface area (Å²) in [5.41, 5.74) is 5.60. The van der Waals surface area contributed by atoms with E-state index in [1.54, 1.807) is 13.8 Å². The molecule has 0 bridgehead atoms. The molecule has 3 rings (SSSR count). The van der Waals surface area contributed by atoms with Crippen LogP contribution < -0.4 is 5.43 Å². The molecule has 0 saturated heterocycles. The monoisotopic (exact) mass is 379 g/mol. The standard InChI is InChI=1S/C18H17N7O3/c1-12(19-20-14-6-4-3-5-7-14)18(23-26)17-13(2)21-24(22-17)15-8-10-16(11-9-15)25(27)28/h3-11,20,26H,1-2H3/b19-12+,23-18-. The van der Waals surface area contributed by atoms with E-state index in [2.05, 4.69) is 25.9 Å². The second kappa shape index (κ2) is 8.08. The second-order valence-corrected chi connectivity index (χ2v) is 5.82. The van der Waals surface area contributed by atoms with Crippen molar-refractivity contribution >= 4 is 22.8 Å². The molecule has 3 aromatic rings. The van der Waals surface area contributed by atoms with Crippen molar-refractivity contribution in [1.29, 1.82) is 0 Å². The number of anilines is 1. The van der Waals surface area contributed by atoms with E-state index in [9.17, 15) is 15.3 Å². The Morgan fingerprint density at radius 2 is 1.82 bits per heavy atom. The molecule has 2 aromatic carbocycles. The Bertz CT molecular complexity index is 1040. The molecule has 10 nitrogen and oxygen atoms in total. The van der Waals surface area contributed by atoms with Crippen LogP contribution in [0.5, 0.6) is 0 Å². The van der Waals surface area contributed by atoms with Gasteiger partial charge in [-0.3, -0.25) is 15.5 Å². The number of nitrogens with one attached hydrogen (secondary N) is 1. The molecule has 0 fully saturated rings. The highest BCUT2D eigenvalue weighted by molar-refractivity contribution is 6.47. The summed E-state index contributed by atoms with van der Waals surface area (Å²) in [5, 5.41) is 36.4. The molecule has 0 unspecified atom stereocenters. The van der Waals surface area contributed by atoms with Gasteiger partial charge in [0.05, 0.1) is 27.7 Å². The third-order valence-corrected chi connectivity index (χ3v) is 3.87. The summed E-state index contributed by atoms with van der Waals surface area (Å²) < 4.78 is 0. The van der Waals surface area contributed by atoms with Gasteiger partial charge in [0.1, 0.15) is 5.69 Å². The fourth-order valence-corrected chi connectivity index (χ4v) is 2.43. The first-order valence-electron chi connectivity index (χ1n) is 8.26. The van der Waals surface area contributed by atoms with Crippen molar-refractivity contribution < 1.29 is 10.1 Å². The van der Waals surface area contributed by atoms with E-state index in [-0.39, 0.29) is 11.4 Å². The van der Waals surface area contributed by atoms with Crippen LogP contribution in [0.3, 0.4) is 0 Å². The summed E-state index contributed by atoms with van der Waals surface area (Å²) in [5.74, 6) is 0.